The smallest absolute Gasteiger partial charge is 0.227 e. The van der Waals surface area contributed by atoms with Gasteiger partial charge >= 0.3 is 0 Å². The zero-order valence-electron chi connectivity index (χ0n) is 13.4. The molecule has 1 atom stereocenters. The number of nitrogens with zero attached hydrogens (tertiary/aromatic N) is 2. The molecule has 0 saturated carbocycles. The molecule has 3 aromatic rings. The maximum atomic E-state index is 13.1. The highest BCUT2D eigenvalue weighted by Crippen LogP contribution is 2.32. The van der Waals surface area contributed by atoms with E-state index in [0.717, 1.165) is 16.9 Å². The Labute approximate surface area is 144 Å². The van der Waals surface area contributed by atoms with Gasteiger partial charge < -0.3 is 5.32 Å². The molecule has 0 bridgehead atoms. The van der Waals surface area contributed by atoms with Gasteiger partial charge in [-0.05, 0) is 42.2 Å². The van der Waals surface area contributed by atoms with Gasteiger partial charge in [-0.1, -0.05) is 30.3 Å². The van der Waals surface area contributed by atoms with Gasteiger partial charge in [-0.3, -0.25) is 4.79 Å². The van der Waals surface area contributed by atoms with Crippen molar-refractivity contribution in [3.05, 3.63) is 83.4 Å². The van der Waals surface area contributed by atoms with Gasteiger partial charge in [-0.2, -0.15) is 0 Å². The Hall–Kier alpha value is -3.08. The van der Waals surface area contributed by atoms with E-state index in [1.807, 2.05) is 30.3 Å². The molecule has 4 nitrogen and oxygen atoms in total. The van der Waals surface area contributed by atoms with Crippen molar-refractivity contribution >= 4 is 17.4 Å². The monoisotopic (exact) mass is 333 g/mol. The van der Waals surface area contributed by atoms with Crippen molar-refractivity contribution in [2.24, 2.45) is 0 Å². The molecule has 0 spiro atoms. The number of halogens is 1. The van der Waals surface area contributed by atoms with Crippen molar-refractivity contribution in [2.45, 2.75) is 18.8 Å². The Morgan fingerprint density at radius 1 is 1.00 bits per heavy atom. The number of aromatic nitrogens is 2. The standard InChI is InChI=1S/C20H16FN3O/c21-15-8-6-13(7-9-15)14-10-18-17(19(25)11-14)12-22-20(24-18)23-16-4-2-1-3-5-16/h1-9,12,14H,10-11H2,(H,22,23,24)/t14-/m1/s1. The Balaban J connectivity index is 1.61. The van der Waals surface area contributed by atoms with Crippen LogP contribution in [-0.2, 0) is 6.42 Å². The van der Waals surface area contributed by atoms with Gasteiger partial charge in [0.2, 0.25) is 5.95 Å². The van der Waals surface area contributed by atoms with Crippen LogP contribution in [0.4, 0.5) is 16.0 Å². The van der Waals surface area contributed by atoms with Gasteiger partial charge in [-0.15, -0.1) is 0 Å². The normalized spacial score (nSPS) is 16.4. The summed E-state index contributed by atoms with van der Waals surface area (Å²) in [6.45, 7) is 0. The number of nitrogens with one attached hydrogen (secondary N) is 1. The second kappa shape index (κ2) is 6.43. The van der Waals surface area contributed by atoms with Crippen LogP contribution in [0.2, 0.25) is 0 Å². The number of carbonyl (C=O) groups is 1. The lowest BCUT2D eigenvalue weighted by atomic mass is 9.82. The number of benzene rings is 2. The maximum Gasteiger partial charge on any atom is 0.227 e. The summed E-state index contributed by atoms with van der Waals surface area (Å²) in [6.07, 6.45) is 2.63. The summed E-state index contributed by atoms with van der Waals surface area (Å²) in [5, 5.41) is 3.15. The summed E-state index contributed by atoms with van der Waals surface area (Å²) >= 11 is 0. The molecule has 1 N–H and O–H groups in total. The first-order valence-corrected chi connectivity index (χ1v) is 8.16. The van der Waals surface area contributed by atoms with Crippen LogP contribution in [0.1, 0.15) is 34.0 Å². The number of hydrogen-bond donors (Lipinski definition) is 1. The lowest BCUT2D eigenvalue weighted by Crippen LogP contribution is -2.21. The second-order valence-corrected chi connectivity index (χ2v) is 6.12. The number of ketones is 1. The van der Waals surface area contributed by atoms with Crippen LogP contribution < -0.4 is 5.32 Å². The number of para-hydroxylation sites is 1. The molecule has 0 saturated heterocycles. The topological polar surface area (TPSA) is 54.9 Å². The minimum absolute atomic E-state index is 0.0140. The SMILES string of the molecule is O=C1C[C@H](c2ccc(F)cc2)Cc2nc(Nc3ccccc3)ncc21. The van der Waals surface area contributed by atoms with E-state index in [1.54, 1.807) is 18.3 Å². The second-order valence-electron chi connectivity index (χ2n) is 6.12. The highest BCUT2D eigenvalue weighted by atomic mass is 19.1. The maximum absolute atomic E-state index is 13.1. The number of hydrogen-bond acceptors (Lipinski definition) is 4. The Morgan fingerprint density at radius 3 is 2.52 bits per heavy atom. The fraction of sp³-hybridized carbons (Fsp3) is 0.150. The summed E-state index contributed by atoms with van der Waals surface area (Å²) in [6, 6.07) is 16.0. The summed E-state index contributed by atoms with van der Waals surface area (Å²) in [4.78, 5) is 21.2. The van der Waals surface area contributed by atoms with Crippen molar-refractivity contribution in [2.75, 3.05) is 5.32 Å². The summed E-state index contributed by atoms with van der Waals surface area (Å²) in [5.41, 5.74) is 3.16. The lowest BCUT2D eigenvalue weighted by Gasteiger charge is -2.23. The minimum Gasteiger partial charge on any atom is -0.324 e. The average molecular weight is 333 g/mol. The molecule has 1 heterocycles. The van der Waals surface area contributed by atoms with Crippen LogP contribution in [0.5, 0.6) is 0 Å². The van der Waals surface area contributed by atoms with Crippen LogP contribution in [0.3, 0.4) is 0 Å². The van der Waals surface area contributed by atoms with Crippen LogP contribution in [0, 0.1) is 5.82 Å². The first-order valence-electron chi connectivity index (χ1n) is 8.16. The molecule has 2 aromatic carbocycles. The van der Waals surface area contributed by atoms with E-state index in [0.29, 0.717) is 24.4 Å². The third-order valence-electron chi connectivity index (χ3n) is 4.41. The molecule has 4 rings (SSSR count). The van der Waals surface area contributed by atoms with E-state index in [2.05, 4.69) is 15.3 Å². The predicted octanol–water partition coefficient (Wildman–Crippen LogP) is 4.27. The first kappa shape index (κ1) is 15.4. The third kappa shape index (κ3) is 3.26. The Bertz CT molecular complexity index is 910. The number of fused-ring (bicyclic) bond motifs is 1. The minimum atomic E-state index is -0.275. The van der Waals surface area contributed by atoms with Gasteiger partial charge in [0, 0.05) is 18.3 Å². The molecule has 0 amide bonds. The fourth-order valence-corrected chi connectivity index (χ4v) is 3.13. The van der Waals surface area contributed by atoms with E-state index in [9.17, 15) is 9.18 Å². The summed E-state index contributed by atoms with van der Waals surface area (Å²) < 4.78 is 13.1. The van der Waals surface area contributed by atoms with E-state index in [4.69, 9.17) is 0 Å². The molecule has 1 aliphatic carbocycles. The van der Waals surface area contributed by atoms with Crippen LogP contribution in [0.25, 0.3) is 0 Å². The zero-order chi connectivity index (χ0) is 17.2. The number of Topliss-reactive ketones (excluding diaryl/α,β-unsaturated/α-hetero) is 1. The highest BCUT2D eigenvalue weighted by molar-refractivity contribution is 5.98. The number of rotatable bonds is 3. The highest BCUT2D eigenvalue weighted by Gasteiger charge is 2.28. The molecule has 0 radical (unpaired) electrons. The largest absolute Gasteiger partial charge is 0.324 e. The van der Waals surface area contributed by atoms with Crippen molar-refractivity contribution in [3.8, 4) is 0 Å². The average Bonchev–Trinajstić information content (AvgIpc) is 2.63. The fourth-order valence-electron chi connectivity index (χ4n) is 3.13. The molecule has 124 valence electrons. The molecule has 1 aliphatic rings. The molecular weight excluding hydrogens is 317 g/mol. The van der Waals surface area contributed by atoms with Gasteiger partial charge in [0.15, 0.2) is 5.78 Å². The predicted molar refractivity (Wildman–Crippen MR) is 93.5 cm³/mol. The van der Waals surface area contributed by atoms with Crippen LogP contribution >= 0.6 is 0 Å². The van der Waals surface area contributed by atoms with Gasteiger partial charge in [-0.25, -0.2) is 14.4 Å². The number of carbonyl (C=O) groups excluding carboxylic acids is 1. The van der Waals surface area contributed by atoms with Crippen molar-refractivity contribution in [1.29, 1.82) is 0 Å². The molecule has 5 heteroatoms. The van der Waals surface area contributed by atoms with Gasteiger partial charge in [0.05, 0.1) is 11.3 Å². The van der Waals surface area contributed by atoms with Crippen molar-refractivity contribution in [3.63, 3.8) is 0 Å². The molecule has 25 heavy (non-hydrogen) atoms. The van der Waals surface area contributed by atoms with E-state index < -0.39 is 0 Å². The van der Waals surface area contributed by atoms with E-state index >= 15 is 0 Å². The zero-order valence-corrected chi connectivity index (χ0v) is 13.4. The molecule has 0 aliphatic heterocycles. The molecule has 1 aromatic heterocycles. The van der Waals surface area contributed by atoms with Crippen molar-refractivity contribution in [1.82, 2.24) is 9.97 Å². The lowest BCUT2D eigenvalue weighted by molar-refractivity contribution is 0.0962. The Morgan fingerprint density at radius 2 is 1.76 bits per heavy atom. The summed E-state index contributed by atoms with van der Waals surface area (Å²) in [7, 11) is 0. The molecule has 0 unspecified atom stereocenters. The third-order valence-corrected chi connectivity index (χ3v) is 4.41. The van der Waals surface area contributed by atoms with Gasteiger partial charge in [0.25, 0.3) is 0 Å². The van der Waals surface area contributed by atoms with Crippen LogP contribution in [-0.4, -0.2) is 15.8 Å². The molecular formula is C20H16FN3O. The van der Waals surface area contributed by atoms with E-state index in [-0.39, 0.29) is 17.5 Å². The summed E-state index contributed by atoms with van der Waals surface area (Å²) in [5.74, 6) is 0.238. The first-order chi connectivity index (χ1) is 12.2. The quantitative estimate of drug-likeness (QED) is 0.777. The molecule has 0 fully saturated rings. The number of anilines is 2. The van der Waals surface area contributed by atoms with Gasteiger partial charge in [0.1, 0.15) is 5.82 Å². The Kier molecular flexibility index (Phi) is 3.98. The van der Waals surface area contributed by atoms with E-state index in [1.165, 1.54) is 12.1 Å². The van der Waals surface area contributed by atoms with Crippen molar-refractivity contribution < 1.29 is 9.18 Å². The van der Waals surface area contributed by atoms with Crippen LogP contribution in [0.15, 0.2) is 60.8 Å².